The van der Waals surface area contributed by atoms with Crippen molar-refractivity contribution in [3.63, 3.8) is 0 Å². The number of para-hydroxylation sites is 3. The first-order valence-electron chi connectivity index (χ1n) is 16.9. The molecule has 8 aromatic rings. The Labute approximate surface area is 286 Å². The zero-order chi connectivity index (χ0) is 32.7. The highest BCUT2D eigenvalue weighted by molar-refractivity contribution is 6.96. The van der Waals surface area contributed by atoms with E-state index < -0.39 is 0 Å². The van der Waals surface area contributed by atoms with Crippen molar-refractivity contribution in [2.45, 2.75) is 19.3 Å². The van der Waals surface area contributed by atoms with Gasteiger partial charge < -0.3 is 14.2 Å². The third-order valence-electron chi connectivity index (χ3n) is 10.5. The maximum absolute atomic E-state index is 6.68. The quantitative estimate of drug-likeness (QED) is 0.182. The number of aromatic nitrogens is 1. The predicted octanol–water partition coefficient (Wildman–Crippen LogP) is 9.12. The molecule has 0 fully saturated rings. The highest BCUT2D eigenvalue weighted by atomic mass is 16.5. The van der Waals surface area contributed by atoms with Crippen LogP contribution in [0.5, 0.6) is 11.5 Å². The molecule has 2 aliphatic rings. The van der Waals surface area contributed by atoms with Gasteiger partial charge in [-0.3, -0.25) is 0 Å². The summed E-state index contributed by atoms with van der Waals surface area (Å²) < 4.78 is 9.14. The Morgan fingerprint density at radius 2 is 1.39 bits per heavy atom. The van der Waals surface area contributed by atoms with E-state index in [0.717, 1.165) is 33.8 Å². The standard InChI is InChI=1S/C45H31BN2O/c1-45(2)35-20-10-13-23-39(35)47(32-25-27-37-42(29-32)49-41-24-14-11-21-36(41)46(37)30-15-5-3-6-16-30)40-28-26-34-33-19-9-12-22-38(33)48(44(34)43(40)45)31-17-7-4-8-18-31/h3-10,12-20,22-29H,1-2H3. The topological polar surface area (TPSA) is 17.4 Å². The molecule has 0 N–H and O–H groups in total. The van der Waals surface area contributed by atoms with E-state index in [0.29, 0.717) is 0 Å². The number of hydrogen-bond donors (Lipinski definition) is 0. The summed E-state index contributed by atoms with van der Waals surface area (Å²) in [7, 11) is 0. The third kappa shape index (κ3) is 4.00. The van der Waals surface area contributed by atoms with Gasteiger partial charge in [0, 0.05) is 44.7 Å². The molecule has 0 unspecified atom stereocenters. The van der Waals surface area contributed by atoms with E-state index >= 15 is 0 Å². The van der Waals surface area contributed by atoms with Gasteiger partial charge in [-0.2, -0.15) is 0 Å². The minimum Gasteiger partial charge on any atom is -0.458 e. The number of rotatable bonds is 3. The number of nitrogens with zero attached hydrogens (tertiary/aromatic N) is 2. The molecule has 0 bridgehead atoms. The first-order chi connectivity index (χ1) is 24.1. The Balaban J connectivity index is 1.25. The van der Waals surface area contributed by atoms with Crippen LogP contribution in [0.15, 0.2) is 152 Å². The van der Waals surface area contributed by atoms with E-state index in [1.807, 2.05) is 12.1 Å². The second kappa shape index (κ2) is 10.4. The van der Waals surface area contributed by atoms with Crippen molar-refractivity contribution in [1.82, 2.24) is 4.57 Å². The van der Waals surface area contributed by atoms with Crippen LogP contribution in [0.4, 0.5) is 17.1 Å². The van der Waals surface area contributed by atoms with Gasteiger partial charge in [0.05, 0.1) is 22.4 Å². The van der Waals surface area contributed by atoms with Crippen molar-refractivity contribution >= 4 is 62.0 Å². The monoisotopic (exact) mass is 626 g/mol. The number of anilines is 3. The number of benzene rings is 6. The Morgan fingerprint density at radius 3 is 2.24 bits per heavy atom. The van der Waals surface area contributed by atoms with Gasteiger partial charge in [0.2, 0.25) is 0 Å². The number of ether oxygens (including phenoxy) is 1. The Bertz CT molecular complexity index is 2570. The molecule has 1 aromatic heterocycles. The van der Waals surface area contributed by atoms with Crippen LogP contribution in [-0.4, -0.2) is 11.3 Å². The summed E-state index contributed by atoms with van der Waals surface area (Å²) in [4.78, 5) is 2.43. The van der Waals surface area contributed by atoms with E-state index in [4.69, 9.17) is 4.74 Å². The van der Waals surface area contributed by atoms with Crippen LogP contribution in [0.2, 0.25) is 0 Å². The Morgan fingerprint density at radius 1 is 0.633 bits per heavy atom. The lowest BCUT2D eigenvalue weighted by molar-refractivity contribution is 0.487. The van der Waals surface area contributed by atoms with Crippen LogP contribution in [0, 0.1) is 12.1 Å². The minimum absolute atomic E-state index is 0.00696. The summed E-state index contributed by atoms with van der Waals surface area (Å²) in [5.74, 6) is 1.69. The molecule has 4 heteroatoms. The fourth-order valence-corrected chi connectivity index (χ4v) is 8.38. The minimum atomic E-state index is -0.281. The van der Waals surface area contributed by atoms with Gasteiger partial charge in [-0.25, -0.2) is 0 Å². The van der Waals surface area contributed by atoms with Crippen LogP contribution in [0.25, 0.3) is 27.5 Å². The van der Waals surface area contributed by atoms with Crippen molar-refractivity contribution < 1.29 is 4.74 Å². The molecule has 3 nitrogen and oxygen atoms in total. The van der Waals surface area contributed by atoms with Crippen LogP contribution in [0.3, 0.4) is 0 Å². The third-order valence-corrected chi connectivity index (χ3v) is 10.5. The number of hydrogen-bond acceptors (Lipinski definition) is 2. The molecular formula is C45H31BN2O. The zero-order valence-corrected chi connectivity index (χ0v) is 27.3. The van der Waals surface area contributed by atoms with E-state index in [1.165, 1.54) is 49.8 Å². The smallest absolute Gasteiger partial charge is 0.261 e. The summed E-state index contributed by atoms with van der Waals surface area (Å²) in [5.41, 5.74) is 12.7. The SMILES string of the molecule is CC1(C)c2ccccc2N(c2ccc3c(c2)Oc2ccc#cc2B3c2ccccc2)c2ccc3c4ccccc4n(-c4ccccc4)c3c21. The number of fused-ring (bicyclic) bond motifs is 8. The van der Waals surface area contributed by atoms with Crippen LogP contribution in [-0.2, 0) is 5.41 Å². The second-order valence-corrected chi connectivity index (χ2v) is 13.6. The summed E-state index contributed by atoms with van der Waals surface area (Å²) >= 11 is 0. The van der Waals surface area contributed by atoms with Gasteiger partial charge in [-0.15, -0.1) is 0 Å². The van der Waals surface area contributed by atoms with E-state index in [1.54, 1.807) is 0 Å². The van der Waals surface area contributed by atoms with Crippen LogP contribution >= 0.6 is 0 Å². The molecule has 7 aromatic carbocycles. The maximum atomic E-state index is 6.68. The molecule has 0 amide bonds. The highest BCUT2D eigenvalue weighted by Gasteiger charge is 2.40. The summed E-state index contributed by atoms with van der Waals surface area (Å²) in [6.45, 7) is 4.76. The largest absolute Gasteiger partial charge is 0.458 e. The van der Waals surface area contributed by atoms with Gasteiger partial charge in [0.25, 0.3) is 6.71 Å². The predicted molar refractivity (Wildman–Crippen MR) is 203 cm³/mol. The molecule has 0 saturated heterocycles. The average Bonchev–Trinajstić information content (AvgIpc) is 3.49. The molecule has 230 valence electrons. The summed E-state index contributed by atoms with van der Waals surface area (Å²) in [6.07, 6.45) is 0. The molecule has 3 heterocycles. The Kier molecular flexibility index (Phi) is 5.93. The molecule has 0 radical (unpaired) electrons. The van der Waals surface area contributed by atoms with Crippen molar-refractivity contribution in [2.24, 2.45) is 0 Å². The Hall–Kier alpha value is -6.18. The van der Waals surface area contributed by atoms with E-state index in [2.05, 4.69) is 175 Å². The molecule has 10 rings (SSSR count). The second-order valence-electron chi connectivity index (χ2n) is 13.6. The van der Waals surface area contributed by atoms with Crippen molar-refractivity contribution in [1.29, 1.82) is 0 Å². The van der Waals surface area contributed by atoms with Gasteiger partial charge in [0.1, 0.15) is 11.5 Å². The zero-order valence-electron chi connectivity index (χ0n) is 27.3. The van der Waals surface area contributed by atoms with E-state index in [9.17, 15) is 0 Å². The van der Waals surface area contributed by atoms with Crippen LogP contribution in [0.1, 0.15) is 25.0 Å². The molecular weight excluding hydrogens is 595 g/mol. The van der Waals surface area contributed by atoms with Gasteiger partial charge in [-0.1, -0.05) is 129 Å². The molecule has 0 atom stereocenters. The molecule has 0 saturated carbocycles. The molecule has 2 aliphatic heterocycles. The fraction of sp³-hybridized carbons (Fsp3) is 0.0667. The summed E-state index contributed by atoms with van der Waals surface area (Å²) in [6, 6.07) is 60.8. The van der Waals surface area contributed by atoms with Crippen LogP contribution < -0.4 is 26.0 Å². The van der Waals surface area contributed by atoms with Gasteiger partial charge in [-0.05, 0) is 59.6 Å². The lowest BCUT2D eigenvalue weighted by Gasteiger charge is -2.42. The molecule has 0 aliphatic carbocycles. The average molecular weight is 627 g/mol. The first-order valence-corrected chi connectivity index (χ1v) is 16.9. The lowest BCUT2D eigenvalue weighted by Crippen LogP contribution is -2.54. The van der Waals surface area contributed by atoms with Crippen molar-refractivity contribution in [3.05, 3.63) is 175 Å². The fourth-order valence-electron chi connectivity index (χ4n) is 8.38. The molecule has 49 heavy (non-hydrogen) atoms. The van der Waals surface area contributed by atoms with Gasteiger partial charge in [0.15, 0.2) is 0 Å². The van der Waals surface area contributed by atoms with Gasteiger partial charge >= 0.3 is 0 Å². The molecule has 0 spiro atoms. The lowest BCUT2D eigenvalue weighted by atomic mass is 9.36. The highest BCUT2D eigenvalue weighted by Crippen LogP contribution is 2.55. The van der Waals surface area contributed by atoms with Crippen molar-refractivity contribution in [3.8, 4) is 17.2 Å². The first kappa shape index (κ1) is 27.9. The maximum Gasteiger partial charge on any atom is 0.261 e. The summed E-state index contributed by atoms with van der Waals surface area (Å²) in [5, 5.41) is 2.52. The van der Waals surface area contributed by atoms with E-state index in [-0.39, 0.29) is 12.1 Å². The normalized spacial score (nSPS) is 14.0. The van der Waals surface area contributed by atoms with Crippen molar-refractivity contribution in [2.75, 3.05) is 4.90 Å².